The number of ketones is 1. The highest BCUT2D eigenvalue weighted by Crippen LogP contribution is 2.31. The van der Waals surface area contributed by atoms with Crippen LogP contribution in [0.3, 0.4) is 0 Å². The van der Waals surface area contributed by atoms with Crippen molar-refractivity contribution in [1.82, 2.24) is 5.32 Å². The van der Waals surface area contributed by atoms with Gasteiger partial charge in [0.05, 0.1) is 24.7 Å². The van der Waals surface area contributed by atoms with Crippen LogP contribution >= 0.6 is 0 Å². The minimum Gasteiger partial charge on any atom is -0.379 e. The van der Waals surface area contributed by atoms with E-state index in [0.29, 0.717) is 24.3 Å². The van der Waals surface area contributed by atoms with Gasteiger partial charge in [0.1, 0.15) is 0 Å². The molecule has 0 aromatic heterocycles. The summed E-state index contributed by atoms with van der Waals surface area (Å²) in [7, 11) is 1.74. The van der Waals surface area contributed by atoms with E-state index in [0.717, 1.165) is 12.1 Å². The molecule has 0 bridgehead atoms. The van der Waals surface area contributed by atoms with Gasteiger partial charge >= 0.3 is 6.18 Å². The molecule has 0 spiro atoms. The normalized spacial score (nSPS) is 23.1. The smallest absolute Gasteiger partial charge is 0.379 e. The Morgan fingerprint density at radius 2 is 2.05 bits per heavy atom. The lowest BCUT2D eigenvalue weighted by molar-refractivity contribution is -0.137. The zero-order valence-electron chi connectivity index (χ0n) is 11.3. The first kappa shape index (κ1) is 15.0. The second-order valence-corrected chi connectivity index (χ2v) is 4.93. The molecule has 1 aromatic carbocycles. The lowest BCUT2D eigenvalue weighted by atomic mass is 9.90. The fraction of sp³-hybridized carbons (Fsp3) is 0.500. The zero-order valence-corrected chi connectivity index (χ0v) is 11.3. The molecule has 1 N–H and O–H groups in total. The Morgan fingerprint density at radius 3 is 2.60 bits per heavy atom. The van der Waals surface area contributed by atoms with Crippen LogP contribution < -0.4 is 5.32 Å². The molecule has 110 valence electrons. The summed E-state index contributed by atoms with van der Waals surface area (Å²) < 4.78 is 43.1. The molecule has 20 heavy (non-hydrogen) atoms. The fourth-order valence-corrected chi connectivity index (χ4v) is 2.41. The number of alkyl halides is 3. The van der Waals surface area contributed by atoms with Gasteiger partial charge in [-0.05, 0) is 31.7 Å². The maximum atomic E-state index is 12.6. The average Bonchev–Trinajstić information content (AvgIpc) is 2.85. The number of carbonyl (C=O) groups excluding carboxylic acids is 1. The molecule has 1 saturated heterocycles. The Morgan fingerprint density at radius 1 is 1.35 bits per heavy atom. The van der Waals surface area contributed by atoms with Crippen molar-refractivity contribution in [2.45, 2.75) is 19.1 Å². The lowest BCUT2D eigenvalue weighted by Gasteiger charge is -2.17. The van der Waals surface area contributed by atoms with Gasteiger partial charge < -0.3 is 10.1 Å². The maximum Gasteiger partial charge on any atom is 0.416 e. The van der Waals surface area contributed by atoms with Crippen molar-refractivity contribution in [1.29, 1.82) is 0 Å². The van der Waals surface area contributed by atoms with Crippen LogP contribution in [0.4, 0.5) is 13.2 Å². The average molecular weight is 287 g/mol. The summed E-state index contributed by atoms with van der Waals surface area (Å²) in [6, 6.07) is 3.12. The molecule has 0 amide bonds. The van der Waals surface area contributed by atoms with Crippen molar-refractivity contribution in [3.8, 4) is 0 Å². The minimum atomic E-state index is -4.39. The Labute approximate surface area is 115 Å². The Kier molecular flexibility index (Phi) is 4.15. The quantitative estimate of drug-likeness (QED) is 0.868. The standard InChI is InChI=1S/C14H16F3NO2/c1-8-5-9(14(15,16)17)3-4-10(8)13(19)11-6-20-7-12(11)18-2/h3-5,11-12,18H,6-7H2,1-2H3. The van der Waals surface area contributed by atoms with E-state index in [2.05, 4.69) is 5.32 Å². The summed E-state index contributed by atoms with van der Waals surface area (Å²) in [5.74, 6) is -0.525. The SMILES string of the molecule is CNC1COCC1C(=O)c1ccc(C(F)(F)F)cc1C. The highest BCUT2D eigenvalue weighted by Gasteiger charge is 2.35. The highest BCUT2D eigenvalue weighted by atomic mass is 19.4. The Bertz CT molecular complexity index is 514. The first-order valence-electron chi connectivity index (χ1n) is 6.31. The summed E-state index contributed by atoms with van der Waals surface area (Å²) in [5, 5.41) is 2.99. The third kappa shape index (κ3) is 2.86. The molecule has 6 heteroatoms. The minimum absolute atomic E-state index is 0.0933. The van der Waals surface area contributed by atoms with E-state index in [1.165, 1.54) is 13.0 Å². The van der Waals surface area contributed by atoms with Crippen molar-refractivity contribution in [3.63, 3.8) is 0 Å². The van der Waals surface area contributed by atoms with Gasteiger partial charge in [-0.1, -0.05) is 6.07 Å². The molecule has 1 aliphatic heterocycles. The molecule has 1 fully saturated rings. The number of likely N-dealkylation sites (N-methyl/N-ethyl adjacent to an activating group) is 1. The molecule has 0 radical (unpaired) electrons. The summed E-state index contributed by atoms with van der Waals surface area (Å²) in [6.45, 7) is 2.25. The first-order valence-corrected chi connectivity index (χ1v) is 6.31. The molecule has 1 heterocycles. The van der Waals surface area contributed by atoms with Crippen LogP contribution in [-0.2, 0) is 10.9 Å². The second-order valence-electron chi connectivity index (χ2n) is 4.93. The van der Waals surface area contributed by atoms with Gasteiger partial charge in [0.15, 0.2) is 5.78 Å². The molecule has 2 rings (SSSR count). The molecule has 0 aliphatic carbocycles. The van der Waals surface area contributed by atoms with Gasteiger partial charge in [0, 0.05) is 11.6 Å². The number of carbonyl (C=O) groups is 1. The largest absolute Gasteiger partial charge is 0.416 e. The van der Waals surface area contributed by atoms with E-state index in [1.807, 2.05) is 0 Å². The van der Waals surface area contributed by atoms with Crippen LogP contribution in [-0.4, -0.2) is 32.1 Å². The third-order valence-electron chi connectivity index (χ3n) is 3.61. The van der Waals surface area contributed by atoms with E-state index in [9.17, 15) is 18.0 Å². The van der Waals surface area contributed by atoms with E-state index in [4.69, 9.17) is 4.74 Å². The predicted molar refractivity (Wildman–Crippen MR) is 67.7 cm³/mol. The number of Topliss-reactive ketones (excluding diaryl/α,β-unsaturated/α-hetero) is 1. The third-order valence-corrected chi connectivity index (χ3v) is 3.61. The van der Waals surface area contributed by atoms with Gasteiger partial charge in [0.25, 0.3) is 0 Å². The van der Waals surface area contributed by atoms with Gasteiger partial charge in [-0.15, -0.1) is 0 Å². The molecule has 3 nitrogen and oxygen atoms in total. The van der Waals surface area contributed by atoms with Crippen LogP contribution in [0.15, 0.2) is 18.2 Å². The van der Waals surface area contributed by atoms with Crippen molar-refractivity contribution in [3.05, 3.63) is 34.9 Å². The number of benzene rings is 1. The van der Waals surface area contributed by atoms with Crippen LogP contribution in [0.2, 0.25) is 0 Å². The second kappa shape index (κ2) is 5.54. The molecule has 2 atom stereocenters. The van der Waals surface area contributed by atoms with Gasteiger partial charge in [-0.25, -0.2) is 0 Å². The summed E-state index contributed by atoms with van der Waals surface area (Å²) in [6.07, 6.45) is -4.39. The number of halogens is 3. The van der Waals surface area contributed by atoms with Crippen LogP contribution in [0.25, 0.3) is 0 Å². The molecular formula is C14H16F3NO2. The Hall–Kier alpha value is -1.40. The summed E-state index contributed by atoms with van der Waals surface area (Å²) in [5.41, 5.74) is -0.0697. The molecule has 2 unspecified atom stereocenters. The van der Waals surface area contributed by atoms with Crippen molar-refractivity contribution >= 4 is 5.78 Å². The Balaban J connectivity index is 2.27. The van der Waals surface area contributed by atoms with E-state index < -0.39 is 11.7 Å². The topological polar surface area (TPSA) is 38.3 Å². The highest BCUT2D eigenvalue weighted by molar-refractivity contribution is 5.99. The van der Waals surface area contributed by atoms with Crippen molar-refractivity contribution in [2.75, 3.05) is 20.3 Å². The number of hydrogen-bond donors (Lipinski definition) is 1. The summed E-state index contributed by atoms with van der Waals surface area (Å²) in [4.78, 5) is 12.4. The molecule has 1 aliphatic rings. The van der Waals surface area contributed by atoms with E-state index >= 15 is 0 Å². The number of aryl methyl sites for hydroxylation is 1. The number of ether oxygens (including phenoxy) is 1. The lowest BCUT2D eigenvalue weighted by Crippen LogP contribution is -2.37. The number of nitrogens with one attached hydrogen (secondary N) is 1. The van der Waals surface area contributed by atoms with Crippen LogP contribution in [0.5, 0.6) is 0 Å². The van der Waals surface area contributed by atoms with Gasteiger partial charge in [-0.3, -0.25) is 4.79 Å². The maximum absolute atomic E-state index is 12.6. The first-order chi connectivity index (χ1) is 9.34. The van der Waals surface area contributed by atoms with Gasteiger partial charge in [0.2, 0.25) is 0 Å². The van der Waals surface area contributed by atoms with Crippen molar-refractivity contribution in [2.24, 2.45) is 5.92 Å². The monoisotopic (exact) mass is 287 g/mol. The van der Waals surface area contributed by atoms with E-state index in [1.54, 1.807) is 7.05 Å². The van der Waals surface area contributed by atoms with Crippen LogP contribution in [0, 0.1) is 12.8 Å². The summed E-state index contributed by atoms with van der Waals surface area (Å²) >= 11 is 0. The predicted octanol–water partition coefficient (Wildman–Crippen LogP) is 2.43. The molecular weight excluding hydrogens is 271 g/mol. The van der Waals surface area contributed by atoms with Crippen molar-refractivity contribution < 1.29 is 22.7 Å². The van der Waals surface area contributed by atoms with Gasteiger partial charge in [-0.2, -0.15) is 13.2 Å². The zero-order chi connectivity index (χ0) is 14.9. The van der Waals surface area contributed by atoms with E-state index in [-0.39, 0.29) is 17.7 Å². The fourth-order valence-electron chi connectivity index (χ4n) is 2.41. The molecule has 1 aromatic rings. The van der Waals surface area contributed by atoms with Crippen LogP contribution in [0.1, 0.15) is 21.5 Å². The number of rotatable bonds is 3. The molecule has 0 saturated carbocycles. The number of hydrogen-bond acceptors (Lipinski definition) is 3.